The summed E-state index contributed by atoms with van der Waals surface area (Å²) in [5.41, 5.74) is 0.874. The Morgan fingerprint density at radius 3 is 2.76 bits per heavy atom. The molecule has 1 saturated carbocycles. The molecule has 0 spiro atoms. The average molecular weight is 512 g/mol. The summed E-state index contributed by atoms with van der Waals surface area (Å²) in [6, 6.07) is 6.77. The van der Waals surface area contributed by atoms with E-state index in [9.17, 15) is 23.5 Å². The van der Waals surface area contributed by atoms with Gasteiger partial charge in [0.1, 0.15) is 29.6 Å². The number of aliphatic hydroxyl groups is 1. The minimum atomic E-state index is -0.697. The van der Waals surface area contributed by atoms with Crippen LogP contribution < -0.4 is 10.4 Å². The molecule has 1 amide bonds. The third-order valence-electron chi connectivity index (χ3n) is 8.16. The number of rotatable bonds is 5. The molecule has 1 aliphatic heterocycles. The van der Waals surface area contributed by atoms with Gasteiger partial charge in [-0.15, -0.1) is 0 Å². The third-order valence-corrected chi connectivity index (χ3v) is 8.16. The highest BCUT2D eigenvalue weighted by Crippen LogP contribution is 2.40. The second-order valence-electron chi connectivity index (χ2n) is 10.4. The highest BCUT2D eigenvalue weighted by molar-refractivity contribution is 5.87. The molecule has 196 valence electrons. The van der Waals surface area contributed by atoms with Gasteiger partial charge in [-0.2, -0.15) is 0 Å². The molecule has 1 saturated heterocycles. The second kappa shape index (κ2) is 9.89. The van der Waals surface area contributed by atoms with Gasteiger partial charge in [0.2, 0.25) is 5.91 Å². The van der Waals surface area contributed by atoms with Gasteiger partial charge in [-0.3, -0.25) is 4.79 Å². The molecule has 6 nitrogen and oxygen atoms in total. The summed E-state index contributed by atoms with van der Waals surface area (Å²) >= 11 is 0. The molecule has 1 N–H and O–H groups in total. The van der Waals surface area contributed by atoms with Crippen LogP contribution in [0.4, 0.5) is 8.78 Å². The number of hydrogen-bond donors (Lipinski definition) is 1. The summed E-state index contributed by atoms with van der Waals surface area (Å²) in [7, 11) is 0. The SMILES string of the molecule is Cc1c(CC(=O)N2CC[C@@]3(O)CCCC[C@H]3C2)c(=O)oc2c(C)c(OCc3ccc(F)cc3F)ccc12. The zero-order valence-corrected chi connectivity index (χ0v) is 21.1. The molecule has 2 heterocycles. The first-order chi connectivity index (χ1) is 17.7. The Kier molecular flexibility index (Phi) is 6.79. The molecule has 3 aromatic rings. The summed E-state index contributed by atoms with van der Waals surface area (Å²) < 4.78 is 38.5. The Balaban J connectivity index is 1.35. The maximum Gasteiger partial charge on any atom is 0.340 e. The van der Waals surface area contributed by atoms with Crippen molar-refractivity contribution in [3.8, 4) is 5.75 Å². The molecule has 0 unspecified atom stereocenters. The third kappa shape index (κ3) is 4.87. The van der Waals surface area contributed by atoms with E-state index in [1.54, 1.807) is 30.9 Å². The van der Waals surface area contributed by atoms with E-state index in [-0.39, 0.29) is 30.4 Å². The highest BCUT2D eigenvalue weighted by Gasteiger charge is 2.43. The normalized spacial score (nSPS) is 21.6. The zero-order valence-electron chi connectivity index (χ0n) is 21.1. The largest absolute Gasteiger partial charge is 0.488 e. The minimum Gasteiger partial charge on any atom is -0.488 e. The summed E-state index contributed by atoms with van der Waals surface area (Å²) in [6.45, 7) is 4.43. The Hall–Kier alpha value is -3.26. The van der Waals surface area contributed by atoms with Crippen LogP contribution in [0.3, 0.4) is 0 Å². The number of carbonyl (C=O) groups is 1. The van der Waals surface area contributed by atoms with Crippen LogP contribution in [0.15, 0.2) is 39.5 Å². The van der Waals surface area contributed by atoms with Gasteiger partial charge >= 0.3 is 5.63 Å². The highest BCUT2D eigenvalue weighted by atomic mass is 19.1. The standard InChI is InChI=1S/C29H31F2NO5/c1-17-22-8-9-25(36-16-19-6-7-21(30)13-24(19)31)18(2)27(22)37-28(34)23(17)14-26(33)32-12-11-29(35)10-4-3-5-20(29)15-32/h6-9,13,20,35H,3-5,10-12,14-16H2,1-2H3/t20-,29-/m0/s1. The molecule has 2 aromatic carbocycles. The zero-order chi connectivity index (χ0) is 26.3. The van der Waals surface area contributed by atoms with Crippen LogP contribution in [-0.4, -0.2) is 34.6 Å². The van der Waals surface area contributed by atoms with Gasteiger partial charge in [0.15, 0.2) is 0 Å². The molecule has 2 fully saturated rings. The van der Waals surface area contributed by atoms with Crippen molar-refractivity contribution in [3.05, 3.63) is 74.6 Å². The van der Waals surface area contributed by atoms with Gasteiger partial charge in [0.25, 0.3) is 0 Å². The smallest absolute Gasteiger partial charge is 0.340 e. The number of benzene rings is 2. The van der Waals surface area contributed by atoms with Gasteiger partial charge in [0.05, 0.1) is 17.6 Å². The van der Waals surface area contributed by atoms with E-state index in [2.05, 4.69) is 0 Å². The summed E-state index contributed by atoms with van der Waals surface area (Å²) in [5, 5.41) is 11.6. The molecule has 5 rings (SSSR count). The lowest BCUT2D eigenvalue weighted by molar-refractivity contribution is -0.142. The number of carbonyl (C=O) groups excluding carboxylic acids is 1. The van der Waals surface area contributed by atoms with Gasteiger partial charge in [-0.05, 0) is 62.9 Å². The number of hydrogen-bond acceptors (Lipinski definition) is 5. The predicted octanol–water partition coefficient (Wildman–Crippen LogP) is 4.96. The van der Waals surface area contributed by atoms with Crippen molar-refractivity contribution in [1.29, 1.82) is 0 Å². The fourth-order valence-electron chi connectivity index (χ4n) is 5.79. The van der Waals surface area contributed by atoms with Crippen LogP contribution >= 0.6 is 0 Å². The van der Waals surface area contributed by atoms with Gasteiger partial charge in [-0.1, -0.05) is 12.8 Å². The molecule has 1 aromatic heterocycles. The van der Waals surface area contributed by atoms with Gasteiger partial charge in [0, 0.05) is 41.6 Å². The molecule has 0 bridgehead atoms. The first kappa shape index (κ1) is 25.4. The lowest BCUT2D eigenvalue weighted by Gasteiger charge is -2.47. The molecule has 8 heteroatoms. The molecule has 37 heavy (non-hydrogen) atoms. The summed E-state index contributed by atoms with van der Waals surface area (Å²) in [4.78, 5) is 27.9. The van der Waals surface area contributed by atoms with E-state index in [0.717, 1.165) is 31.7 Å². The number of halogens is 2. The van der Waals surface area contributed by atoms with Crippen LogP contribution in [0.25, 0.3) is 11.0 Å². The van der Waals surface area contributed by atoms with Crippen molar-refractivity contribution in [1.82, 2.24) is 4.90 Å². The minimum absolute atomic E-state index is 0.0591. The van der Waals surface area contributed by atoms with Crippen LogP contribution in [0.1, 0.15) is 54.4 Å². The Morgan fingerprint density at radius 2 is 1.97 bits per heavy atom. The first-order valence-corrected chi connectivity index (χ1v) is 12.8. The molecule has 1 aliphatic carbocycles. The summed E-state index contributed by atoms with van der Waals surface area (Å²) in [5.74, 6) is -1.00. The molecule has 2 atom stereocenters. The van der Waals surface area contributed by atoms with Crippen LogP contribution in [0.2, 0.25) is 0 Å². The van der Waals surface area contributed by atoms with Crippen molar-refractivity contribution < 1.29 is 27.8 Å². The lowest BCUT2D eigenvalue weighted by Crippen LogP contribution is -2.55. The number of likely N-dealkylation sites (tertiary alicyclic amines) is 1. The monoisotopic (exact) mass is 511 g/mol. The van der Waals surface area contributed by atoms with Crippen molar-refractivity contribution in [2.75, 3.05) is 13.1 Å². The van der Waals surface area contributed by atoms with Crippen molar-refractivity contribution in [2.45, 2.75) is 64.6 Å². The van der Waals surface area contributed by atoms with E-state index >= 15 is 0 Å². The number of piperidine rings is 1. The van der Waals surface area contributed by atoms with Crippen LogP contribution in [0, 0.1) is 31.4 Å². The number of nitrogens with zero attached hydrogens (tertiary/aromatic N) is 1. The molecule has 2 aliphatic rings. The number of amides is 1. The Morgan fingerprint density at radius 1 is 1.16 bits per heavy atom. The summed E-state index contributed by atoms with van der Waals surface area (Å²) in [6.07, 6.45) is 4.29. The van der Waals surface area contributed by atoms with Crippen molar-refractivity contribution in [3.63, 3.8) is 0 Å². The van der Waals surface area contributed by atoms with Gasteiger partial charge < -0.3 is 19.2 Å². The van der Waals surface area contributed by atoms with E-state index in [1.807, 2.05) is 0 Å². The van der Waals surface area contributed by atoms with Gasteiger partial charge in [-0.25, -0.2) is 13.6 Å². The second-order valence-corrected chi connectivity index (χ2v) is 10.4. The molecule has 0 radical (unpaired) electrons. The van der Waals surface area contributed by atoms with E-state index in [0.29, 0.717) is 52.9 Å². The first-order valence-electron chi connectivity index (χ1n) is 12.8. The number of aryl methyl sites for hydroxylation is 2. The Labute approximate surface area is 213 Å². The maximum atomic E-state index is 14.0. The van der Waals surface area contributed by atoms with Crippen LogP contribution in [0.5, 0.6) is 5.75 Å². The van der Waals surface area contributed by atoms with Crippen molar-refractivity contribution in [2.24, 2.45) is 5.92 Å². The fourth-order valence-corrected chi connectivity index (χ4v) is 5.79. The topological polar surface area (TPSA) is 80.0 Å². The average Bonchev–Trinajstić information content (AvgIpc) is 2.86. The maximum absolute atomic E-state index is 14.0. The fraction of sp³-hybridized carbons (Fsp3) is 0.448. The lowest BCUT2D eigenvalue weighted by atomic mass is 9.71. The molecular formula is C29H31F2NO5. The Bertz CT molecular complexity index is 1420. The van der Waals surface area contributed by atoms with Crippen LogP contribution in [-0.2, 0) is 17.8 Å². The van der Waals surface area contributed by atoms with E-state index < -0.39 is 22.9 Å². The van der Waals surface area contributed by atoms with E-state index in [4.69, 9.17) is 9.15 Å². The predicted molar refractivity (Wildman–Crippen MR) is 134 cm³/mol. The number of fused-ring (bicyclic) bond motifs is 2. The molecular weight excluding hydrogens is 480 g/mol. The van der Waals surface area contributed by atoms with E-state index in [1.165, 1.54) is 12.1 Å². The quantitative estimate of drug-likeness (QED) is 0.490. The van der Waals surface area contributed by atoms with Crippen molar-refractivity contribution >= 4 is 16.9 Å². The number of ether oxygens (including phenoxy) is 1.